The molecule has 2 nitrogen and oxygen atoms in total. The lowest BCUT2D eigenvalue weighted by molar-refractivity contribution is 0.154. The molecule has 2 aliphatic carbocycles. The highest BCUT2D eigenvalue weighted by Crippen LogP contribution is 2.52. The van der Waals surface area contributed by atoms with Crippen molar-refractivity contribution >= 4 is 8.56 Å². The quantitative estimate of drug-likeness (QED) is 0.501. The highest BCUT2D eigenvalue weighted by Gasteiger charge is 2.54. The minimum atomic E-state index is -1.97. The molecule has 0 heterocycles. The van der Waals surface area contributed by atoms with E-state index in [1.165, 1.54) is 44.9 Å². The Morgan fingerprint density at radius 3 is 2.06 bits per heavy atom. The lowest BCUT2D eigenvalue weighted by Crippen LogP contribution is -2.52. The van der Waals surface area contributed by atoms with Crippen LogP contribution in [0.1, 0.15) is 51.9 Å². The largest absolute Gasteiger partial charge is 0.394 e. The van der Waals surface area contributed by atoms with E-state index in [9.17, 15) is 0 Å². The van der Waals surface area contributed by atoms with Crippen LogP contribution in [0, 0.1) is 0 Å². The van der Waals surface area contributed by atoms with Crippen LogP contribution in [0.3, 0.4) is 0 Å². The molecule has 2 rings (SSSR count). The first-order chi connectivity index (χ1) is 8.33. The average molecular weight is 254 g/mol. The van der Waals surface area contributed by atoms with Crippen molar-refractivity contribution in [3.63, 3.8) is 0 Å². The van der Waals surface area contributed by atoms with Crippen molar-refractivity contribution in [2.45, 2.75) is 63.0 Å². The summed E-state index contributed by atoms with van der Waals surface area (Å²) < 4.78 is 12.6. The number of rotatable bonds is 7. The van der Waals surface area contributed by atoms with E-state index in [1.54, 1.807) is 0 Å². The van der Waals surface area contributed by atoms with Crippen molar-refractivity contribution in [1.82, 2.24) is 0 Å². The zero-order chi connectivity index (χ0) is 12.1. The minimum absolute atomic E-state index is 0.680. The Morgan fingerprint density at radius 1 is 1.06 bits per heavy atom. The van der Waals surface area contributed by atoms with Gasteiger partial charge in [-0.1, -0.05) is 25.3 Å². The molecule has 0 amide bonds. The van der Waals surface area contributed by atoms with Crippen LogP contribution in [0.5, 0.6) is 0 Å². The van der Waals surface area contributed by atoms with Gasteiger partial charge in [-0.15, -0.1) is 6.58 Å². The summed E-state index contributed by atoms with van der Waals surface area (Å²) in [4.78, 5) is 0. The van der Waals surface area contributed by atoms with Gasteiger partial charge in [-0.05, 0) is 32.6 Å². The molecule has 0 aromatic rings. The summed E-state index contributed by atoms with van der Waals surface area (Å²) in [6.45, 7) is 7.41. The average Bonchev–Trinajstić information content (AvgIpc) is 2.77. The molecule has 2 saturated carbocycles. The van der Waals surface area contributed by atoms with Gasteiger partial charge in [-0.3, -0.25) is 0 Å². The van der Waals surface area contributed by atoms with Crippen molar-refractivity contribution in [3.05, 3.63) is 12.7 Å². The van der Waals surface area contributed by atoms with Crippen LogP contribution in [-0.2, 0) is 8.85 Å². The predicted molar refractivity (Wildman–Crippen MR) is 73.3 cm³/mol. The van der Waals surface area contributed by atoms with Crippen molar-refractivity contribution in [2.75, 3.05) is 13.2 Å². The zero-order valence-electron chi connectivity index (χ0n) is 11.1. The summed E-state index contributed by atoms with van der Waals surface area (Å²) in [7, 11) is -1.97. The lowest BCUT2D eigenvalue weighted by atomic mass is 10.00. The molecule has 17 heavy (non-hydrogen) atoms. The maximum absolute atomic E-state index is 6.31. The van der Waals surface area contributed by atoms with Gasteiger partial charge in [0.25, 0.3) is 0 Å². The fourth-order valence-electron chi connectivity index (χ4n) is 3.40. The van der Waals surface area contributed by atoms with E-state index in [0.29, 0.717) is 6.61 Å². The number of hydrogen-bond acceptors (Lipinski definition) is 2. The first kappa shape index (κ1) is 13.3. The van der Waals surface area contributed by atoms with Gasteiger partial charge < -0.3 is 8.85 Å². The van der Waals surface area contributed by atoms with Gasteiger partial charge in [0, 0.05) is 17.7 Å². The predicted octanol–water partition coefficient (Wildman–Crippen LogP) is 4.17. The normalized spacial score (nSPS) is 25.5. The Balaban J connectivity index is 2.12. The summed E-state index contributed by atoms with van der Waals surface area (Å²) in [6.07, 6.45) is 11.3. The Labute approximate surface area is 107 Å². The third kappa shape index (κ3) is 2.66. The molecule has 0 aliphatic heterocycles. The molecule has 98 valence electrons. The molecule has 1 unspecified atom stereocenters. The van der Waals surface area contributed by atoms with Crippen molar-refractivity contribution < 1.29 is 8.85 Å². The maximum Gasteiger partial charge on any atom is 0.344 e. The van der Waals surface area contributed by atoms with E-state index in [-0.39, 0.29) is 0 Å². The van der Waals surface area contributed by atoms with Crippen LogP contribution in [0.15, 0.2) is 12.7 Å². The summed E-state index contributed by atoms with van der Waals surface area (Å²) >= 11 is 0. The van der Waals surface area contributed by atoms with Gasteiger partial charge in [-0.2, -0.15) is 0 Å². The third-order valence-corrected chi connectivity index (χ3v) is 9.18. The van der Waals surface area contributed by atoms with Gasteiger partial charge in [0.15, 0.2) is 0 Å². The van der Waals surface area contributed by atoms with Crippen LogP contribution in [0.2, 0.25) is 11.1 Å². The van der Waals surface area contributed by atoms with E-state index in [0.717, 1.165) is 17.7 Å². The van der Waals surface area contributed by atoms with Crippen molar-refractivity contribution in [2.24, 2.45) is 0 Å². The van der Waals surface area contributed by atoms with Crippen molar-refractivity contribution in [3.8, 4) is 0 Å². The van der Waals surface area contributed by atoms with Crippen molar-refractivity contribution in [1.29, 1.82) is 0 Å². The first-order valence-corrected chi connectivity index (χ1v) is 9.19. The van der Waals surface area contributed by atoms with Gasteiger partial charge in [-0.25, -0.2) is 0 Å². The molecule has 2 aliphatic rings. The van der Waals surface area contributed by atoms with E-state index in [2.05, 4.69) is 13.5 Å². The highest BCUT2D eigenvalue weighted by atomic mass is 28.4. The molecule has 0 N–H and O–H groups in total. The lowest BCUT2D eigenvalue weighted by Gasteiger charge is -2.45. The molecular formula is C14H26O2Si. The summed E-state index contributed by atoms with van der Waals surface area (Å²) in [5, 5.41) is 0. The molecular weight excluding hydrogens is 228 g/mol. The second-order valence-electron chi connectivity index (χ2n) is 5.36. The smallest absolute Gasteiger partial charge is 0.344 e. The van der Waals surface area contributed by atoms with E-state index in [1.807, 2.05) is 6.08 Å². The van der Waals surface area contributed by atoms with Crippen LogP contribution >= 0.6 is 0 Å². The molecule has 2 fully saturated rings. The fourth-order valence-corrected chi connectivity index (χ4v) is 8.35. The second kappa shape index (κ2) is 6.16. The molecule has 0 radical (unpaired) electrons. The first-order valence-electron chi connectivity index (χ1n) is 7.22. The maximum atomic E-state index is 6.31. The molecule has 0 spiro atoms. The molecule has 1 atom stereocenters. The molecule has 0 bridgehead atoms. The molecule has 3 heteroatoms. The van der Waals surface area contributed by atoms with Crippen LogP contribution in [0.25, 0.3) is 0 Å². The fraction of sp³-hybridized carbons (Fsp3) is 0.857. The van der Waals surface area contributed by atoms with Crippen LogP contribution in [0.4, 0.5) is 0 Å². The Hall–Kier alpha value is -0.123. The van der Waals surface area contributed by atoms with Crippen LogP contribution in [-0.4, -0.2) is 21.8 Å². The molecule has 0 saturated heterocycles. The second-order valence-corrected chi connectivity index (χ2v) is 9.02. The zero-order valence-corrected chi connectivity index (χ0v) is 12.1. The summed E-state index contributed by atoms with van der Waals surface area (Å²) in [5.41, 5.74) is 1.50. The number of hydrogen-bond donors (Lipinski definition) is 0. The summed E-state index contributed by atoms with van der Waals surface area (Å²) in [6, 6.07) is 0. The standard InChI is InChI=1S/C14H26O2Si/c1-3-12-16-17(15-4-2,14-10-7-11-14)13-8-5-6-9-13/h3,13-14H,1,4-12H2,2H3. The van der Waals surface area contributed by atoms with Gasteiger partial charge in [0.2, 0.25) is 0 Å². The van der Waals surface area contributed by atoms with E-state index >= 15 is 0 Å². The SMILES string of the molecule is C=CCO[Si](OCC)(C1CCCC1)C1CCC1. The van der Waals surface area contributed by atoms with Gasteiger partial charge in [0.1, 0.15) is 0 Å². The Kier molecular flexibility index (Phi) is 4.83. The monoisotopic (exact) mass is 254 g/mol. The van der Waals surface area contributed by atoms with Gasteiger partial charge in [0.05, 0.1) is 6.61 Å². The minimum Gasteiger partial charge on any atom is -0.394 e. The Morgan fingerprint density at radius 2 is 1.65 bits per heavy atom. The third-order valence-electron chi connectivity index (χ3n) is 4.40. The Bertz CT molecular complexity index is 247. The molecule has 0 aromatic carbocycles. The van der Waals surface area contributed by atoms with Crippen LogP contribution < -0.4 is 0 Å². The molecule has 0 aromatic heterocycles. The highest BCUT2D eigenvalue weighted by molar-refractivity contribution is 6.70. The van der Waals surface area contributed by atoms with Gasteiger partial charge >= 0.3 is 8.56 Å². The topological polar surface area (TPSA) is 18.5 Å². The van der Waals surface area contributed by atoms with E-state index < -0.39 is 8.56 Å². The van der Waals surface area contributed by atoms with E-state index in [4.69, 9.17) is 8.85 Å². The summed E-state index contributed by atoms with van der Waals surface area (Å²) in [5.74, 6) is 0.